The Morgan fingerprint density at radius 3 is 2.70 bits per heavy atom. The molecule has 1 saturated heterocycles. The third-order valence-electron chi connectivity index (χ3n) is 4.36. The fraction of sp³-hybridized carbons (Fsp3) is 0.556. The second-order valence-corrected chi connectivity index (χ2v) is 6.25. The van der Waals surface area contributed by atoms with Gasteiger partial charge in [-0.05, 0) is 24.8 Å². The maximum atomic E-state index is 12.2. The molecule has 1 heterocycles. The summed E-state index contributed by atoms with van der Waals surface area (Å²) < 4.78 is 5.81. The normalized spacial score (nSPS) is 20.5. The van der Waals surface area contributed by atoms with Gasteiger partial charge in [-0.15, -0.1) is 0 Å². The van der Waals surface area contributed by atoms with Crippen LogP contribution in [0.25, 0.3) is 0 Å². The number of carbonyl (C=O) groups is 2. The lowest BCUT2D eigenvalue weighted by molar-refractivity contribution is -0.141. The lowest BCUT2D eigenvalue weighted by atomic mass is 10.0. The van der Waals surface area contributed by atoms with Gasteiger partial charge in [0.15, 0.2) is 0 Å². The molecular formula is C18H26N2O3. The largest absolute Gasteiger partial charge is 0.371 e. The van der Waals surface area contributed by atoms with Gasteiger partial charge in [0.1, 0.15) is 6.04 Å². The van der Waals surface area contributed by atoms with Crippen LogP contribution in [0.3, 0.4) is 0 Å². The molecule has 0 spiro atoms. The molecule has 0 bridgehead atoms. The Morgan fingerprint density at radius 2 is 2.09 bits per heavy atom. The standard InChI is InChI=1S/C18H26N2O3/c1-3-7-15-10-16(21)20(11-15)17(18(19)22)13(2)23-12-14-8-5-4-6-9-14/h4-6,8-9,13,15,17H,3,7,10-12H2,1-2H3,(H2,19,22). The zero-order chi connectivity index (χ0) is 16.8. The first-order chi connectivity index (χ1) is 11.0. The van der Waals surface area contributed by atoms with Crippen molar-refractivity contribution >= 4 is 11.8 Å². The number of primary amides is 1. The van der Waals surface area contributed by atoms with Crippen molar-refractivity contribution in [3.63, 3.8) is 0 Å². The molecule has 5 nitrogen and oxygen atoms in total. The van der Waals surface area contributed by atoms with E-state index in [2.05, 4.69) is 6.92 Å². The van der Waals surface area contributed by atoms with Gasteiger partial charge in [-0.25, -0.2) is 0 Å². The highest BCUT2D eigenvalue weighted by Gasteiger charge is 2.39. The van der Waals surface area contributed by atoms with Crippen molar-refractivity contribution in [2.75, 3.05) is 6.54 Å². The molecule has 1 aromatic rings. The minimum atomic E-state index is -0.701. The molecule has 0 saturated carbocycles. The number of hydrogen-bond acceptors (Lipinski definition) is 3. The first kappa shape index (κ1) is 17.5. The molecule has 126 valence electrons. The van der Waals surface area contributed by atoms with Gasteiger partial charge in [-0.2, -0.15) is 0 Å². The molecule has 1 aromatic carbocycles. The van der Waals surface area contributed by atoms with Gasteiger partial charge >= 0.3 is 0 Å². The van der Waals surface area contributed by atoms with Crippen LogP contribution in [0.5, 0.6) is 0 Å². The maximum Gasteiger partial charge on any atom is 0.242 e. The van der Waals surface area contributed by atoms with Crippen molar-refractivity contribution in [3.05, 3.63) is 35.9 Å². The van der Waals surface area contributed by atoms with Gasteiger partial charge in [0.05, 0.1) is 12.7 Å². The third kappa shape index (κ3) is 4.55. The average molecular weight is 318 g/mol. The second kappa shape index (κ2) is 8.11. The highest BCUT2D eigenvalue weighted by atomic mass is 16.5. The van der Waals surface area contributed by atoms with E-state index >= 15 is 0 Å². The highest BCUT2D eigenvalue weighted by Crippen LogP contribution is 2.26. The van der Waals surface area contributed by atoms with Gasteiger partial charge in [0, 0.05) is 13.0 Å². The predicted molar refractivity (Wildman–Crippen MR) is 88.4 cm³/mol. The second-order valence-electron chi connectivity index (χ2n) is 6.25. The molecule has 2 N–H and O–H groups in total. The molecule has 1 aliphatic heterocycles. The van der Waals surface area contributed by atoms with Crippen molar-refractivity contribution in [3.8, 4) is 0 Å². The number of amides is 2. The topological polar surface area (TPSA) is 72.6 Å². The van der Waals surface area contributed by atoms with Crippen molar-refractivity contribution in [2.24, 2.45) is 11.7 Å². The zero-order valence-electron chi connectivity index (χ0n) is 13.9. The van der Waals surface area contributed by atoms with Gasteiger partial charge in [0.25, 0.3) is 0 Å². The van der Waals surface area contributed by atoms with Crippen LogP contribution >= 0.6 is 0 Å². The van der Waals surface area contributed by atoms with Crippen molar-refractivity contribution in [2.45, 2.75) is 51.9 Å². The predicted octanol–water partition coefficient (Wildman–Crippen LogP) is 2.09. The van der Waals surface area contributed by atoms with Gasteiger partial charge in [-0.3, -0.25) is 9.59 Å². The molecule has 2 amide bonds. The fourth-order valence-electron chi connectivity index (χ4n) is 3.21. The Balaban J connectivity index is 2.00. The summed E-state index contributed by atoms with van der Waals surface area (Å²) in [5.74, 6) is -0.186. The quantitative estimate of drug-likeness (QED) is 0.798. The summed E-state index contributed by atoms with van der Waals surface area (Å²) in [7, 11) is 0. The number of benzene rings is 1. The Labute approximate surface area is 137 Å². The van der Waals surface area contributed by atoms with E-state index in [9.17, 15) is 9.59 Å². The minimum Gasteiger partial charge on any atom is -0.371 e. The summed E-state index contributed by atoms with van der Waals surface area (Å²) >= 11 is 0. The van der Waals surface area contributed by atoms with E-state index in [0.717, 1.165) is 18.4 Å². The minimum absolute atomic E-state index is 0.00223. The molecule has 23 heavy (non-hydrogen) atoms. The van der Waals surface area contributed by atoms with Gasteiger partial charge in [-0.1, -0.05) is 43.7 Å². The highest BCUT2D eigenvalue weighted by molar-refractivity contribution is 5.88. The summed E-state index contributed by atoms with van der Waals surface area (Å²) in [5, 5.41) is 0. The number of nitrogens with zero attached hydrogens (tertiary/aromatic N) is 1. The number of rotatable bonds is 8. The number of ether oxygens (including phenoxy) is 1. The lowest BCUT2D eigenvalue weighted by Gasteiger charge is -2.30. The van der Waals surface area contributed by atoms with E-state index in [1.807, 2.05) is 30.3 Å². The molecule has 0 radical (unpaired) electrons. The van der Waals surface area contributed by atoms with Crippen LogP contribution in [-0.4, -0.2) is 35.4 Å². The van der Waals surface area contributed by atoms with Crippen molar-refractivity contribution in [1.82, 2.24) is 4.90 Å². The van der Waals surface area contributed by atoms with E-state index in [-0.39, 0.29) is 5.91 Å². The van der Waals surface area contributed by atoms with Crippen molar-refractivity contribution < 1.29 is 14.3 Å². The molecule has 5 heteroatoms. The molecule has 3 unspecified atom stereocenters. The van der Waals surface area contributed by atoms with E-state index in [4.69, 9.17) is 10.5 Å². The van der Waals surface area contributed by atoms with Crippen molar-refractivity contribution in [1.29, 1.82) is 0 Å². The van der Waals surface area contributed by atoms with E-state index in [1.54, 1.807) is 11.8 Å². The van der Waals surface area contributed by atoms with E-state index in [0.29, 0.717) is 25.5 Å². The van der Waals surface area contributed by atoms with Crippen LogP contribution in [0.4, 0.5) is 0 Å². The summed E-state index contributed by atoms with van der Waals surface area (Å²) in [6.45, 7) is 4.90. The SMILES string of the molecule is CCCC1CC(=O)N(C(C(N)=O)C(C)OCc2ccccc2)C1. The number of carbonyl (C=O) groups excluding carboxylic acids is 2. The van der Waals surface area contributed by atoms with Crippen LogP contribution in [0.1, 0.15) is 38.7 Å². The van der Waals surface area contributed by atoms with E-state index < -0.39 is 18.1 Å². The van der Waals surface area contributed by atoms with E-state index in [1.165, 1.54) is 0 Å². The van der Waals surface area contributed by atoms with Gasteiger partial charge < -0.3 is 15.4 Å². The molecule has 2 rings (SSSR count). The Bertz CT molecular complexity index is 532. The first-order valence-electron chi connectivity index (χ1n) is 8.27. The first-order valence-corrected chi connectivity index (χ1v) is 8.27. The summed E-state index contributed by atoms with van der Waals surface area (Å²) in [6, 6.07) is 9.04. The molecule has 3 atom stereocenters. The fourth-order valence-corrected chi connectivity index (χ4v) is 3.21. The molecule has 0 aliphatic carbocycles. The molecule has 1 fully saturated rings. The molecule has 0 aromatic heterocycles. The summed E-state index contributed by atoms with van der Waals surface area (Å²) in [5.41, 5.74) is 6.58. The van der Waals surface area contributed by atoms with Crippen LogP contribution in [0, 0.1) is 5.92 Å². The number of likely N-dealkylation sites (tertiary alicyclic amines) is 1. The average Bonchev–Trinajstić information content (AvgIpc) is 2.87. The Hall–Kier alpha value is -1.88. The Morgan fingerprint density at radius 1 is 1.39 bits per heavy atom. The van der Waals surface area contributed by atoms with Gasteiger partial charge in [0.2, 0.25) is 11.8 Å². The monoisotopic (exact) mass is 318 g/mol. The lowest BCUT2D eigenvalue weighted by Crippen LogP contribution is -2.52. The van der Waals surface area contributed by atoms with Crippen LogP contribution in [0.15, 0.2) is 30.3 Å². The van der Waals surface area contributed by atoms with Crippen LogP contribution < -0.4 is 5.73 Å². The summed E-state index contributed by atoms with van der Waals surface area (Å²) in [4.78, 5) is 25.8. The Kier molecular flexibility index (Phi) is 6.16. The van der Waals surface area contributed by atoms with Crippen LogP contribution in [-0.2, 0) is 20.9 Å². The molecule has 1 aliphatic rings. The number of hydrogen-bond donors (Lipinski definition) is 1. The molecular weight excluding hydrogens is 292 g/mol. The maximum absolute atomic E-state index is 12.2. The third-order valence-corrected chi connectivity index (χ3v) is 4.36. The summed E-state index contributed by atoms with van der Waals surface area (Å²) in [6.07, 6.45) is 2.10. The van der Waals surface area contributed by atoms with Crippen LogP contribution in [0.2, 0.25) is 0 Å². The smallest absolute Gasteiger partial charge is 0.242 e. The zero-order valence-corrected chi connectivity index (χ0v) is 13.9. The number of nitrogens with two attached hydrogens (primary N) is 1.